The van der Waals surface area contributed by atoms with Gasteiger partial charge in [0.15, 0.2) is 0 Å². The first kappa shape index (κ1) is 22.0. The standard InChI is InChI=1S/C26H42F2/c1-2-3-6-20-9-14-23(15-10-20)24-16-11-22(12-17-24)19-21-7-4-5-8-25(18-13-21)26(27)28/h2,11,20-21,23-26H,1,3-10,12-19H2. The molecule has 0 aliphatic heterocycles. The molecule has 0 aromatic carbocycles. The van der Waals surface area contributed by atoms with Crippen molar-refractivity contribution in [1.82, 2.24) is 0 Å². The lowest BCUT2D eigenvalue weighted by molar-refractivity contribution is 0.0580. The molecule has 160 valence electrons. The second-order valence-corrected chi connectivity index (χ2v) is 10.1. The van der Waals surface area contributed by atoms with E-state index in [0.29, 0.717) is 5.92 Å². The molecule has 0 N–H and O–H groups in total. The Labute approximate surface area is 172 Å². The van der Waals surface area contributed by atoms with E-state index in [1.807, 2.05) is 0 Å². The molecule has 0 radical (unpaired) electrons. The zero-order valence-corrected chi connectivity index (χ0v) is 17.9. The number of halogens is 2. The van der Waals surface area contributed by atoms with Crippen LogP contribution in [0.1, 0.15) is 103 Å². The molecule has 28 heavy (non-hydrogen) atoms. The Kier molecular flexibility index (Phi) is 9.05. The molecule has 3 aliphatic rings. The highest BCUT2D eigenvalue weighted by Crippen LogP contribution is 2.42. The van der Waals surface area contributed by atoms with E-state index in [-0.39, 0.29) is 5.92 Å². The number of hydrogen-bond acceptors (Lipinski definition) is 0. The lowest BCUT2D eigenvalue weighted by atomic mass is 9.70. The van der Waals surface area contributed by atoms with Crippen LogP contribution in [0.4, 0.5) is 8.78 Å². The van der Waals surface area contributed by atoms with Crippen molar-refractivity contribution < 1.29 is 8.78 Å². The van der Waals surface area contributed by atoms with E-state index in [0.717, 1.165) is 49.9 Å². The van der Waals surface area contributed by atoms with E-state index in [9.17, 15) is 8.78 Å². The van der Waals surface area contributed by atoms with Gasteiger partial charge >= 0.3 is 0 Å². The van der Waals surface area contributed by atoms with Gasteiger partial charge in [-0.1, -0.05) is 49.8 Å². The highest BCUT2D eigenvalue weighted by molar-refractivity contribution is 5.08. The van der Waals surface area contributed by atoms with Gasteiger partial charge in [-0.15, -0.1) is 6.58 Å². The van der Waals surface area contributed by atoms with Crippen molar-refractivity contribution in [1.29, 1.82) is 0 Å². The van der Waals surface area contributed by atoms with E-state index in [4.69, 9.17) is 0 Å². The monoisotopic (exact) mass is 392 g/mol. The minimum absolute atomic E-state index is 0.339. The molecular weight excluding hydrogens is 350 g/mol. The predicted octanol–water partition coefficient (Wildman–Crippen LogP) is 8.73. The Morgan fingerprint density at radius 1 is 0.893 bits per heavy atom. The fourth-order valence-electron chi connectivity index (χ4n) is 6.23. The Hall–Kier alpha value is -0.660. The summed E-state index contributed by atoms with van der Waals surface area (Å²) in [6.07, 6.45) is 21.8. The summed E-state index contributed by atoms with van der Waals surface area (Å²) in [6.45, 7) is 3.86. The van der Waals surface area contributed by atoms with Gasteiger partial charge in [0.1, 0.15) is 0 Å². The number of allylic oxidation sites excluding steroid dienone is 3. The summed E-state index contributed by atoms with van der Waals surface area (Å²) in [4.78, 5) is 0. The third-order valence-corrected chi connectivity index (χ3v) is 8.17. The molecular formula is C26H42F2. The molecule has 2 saturated carbocycles. The van der Waals surface area contributed by atoms with Gasteiger partial charge in [-0.2, -0.15) is 0 Å². The average molecular weight is 393 g/mol. The maximum Gasteiger partial charge on any atom is 0.241 e. The summed E-state index contributed by atoms with van der Waals surface area (Å²) >= 11 is 0. The first-order valence-electron chi connectivity index (χ1n) is 12.2. The second kappa shape index (κ2) is 11.5. The minimum atomic E-state index is -2.11. The fourth-order valence-corrected chi connectivity index (χ4v) is 6.23. The van der Waals surface area contributed by atoms with Crippen molar-refractivity contribution in [2.45, 2.75) is 109 Å². The number of hydrogen-bond donors (Lipinski definition) is 0. The summed E-state index contributed by atoms with van der Waals surface area (Å²) in [7, 11) is 0. The van der Waals surface area contributed by atoms with Crippen LogP contribution in [0, 0.1) is 29.6 Å². The van der Waals surface area contributed by atoms with Crippen LogP contribution in [0.3, 0.4) is 0 Å². The van der Waals surface area contributed by atoms with E-state index in [1.54, 1.807) is 5.57 Å². The zero-order chi connectivity index (χ0) is 19.8. The van der Waals surface area contributed by atoms with Crippen molar-refractivity contribution in [3.05, 3.63) is 24.3 Å². The van der Waals surface area contributed by atoms with E-state index >= 15 is 0 Å². The molecule has 0 amide bonds. The van der Waals surface area contributed by atoms with Gasteiger partial charge in [-0.05, 0) is 94.3 Å². The Morgan fingerprint density at radius 2 is 1.64 bits per heavy atom. The Bertz CT molecular complexity index is 487. The fraction of sp³-hybridized carbons (Fsp3) is 0.846. The maximum absolute atomic E-state index is 13.1. The summed E-state index contributed by atoms with van der Waals surface area (Å²) in [5.74, 6) is 3.12. The van der Waals surface area contributed by atoms with Crippen molar-refractivity contribution in [2.24, 2.45) is 29.6 Å². The zero-order valence-electron chi connectivity index (χ0n) is 17.9. The van der Waals surface area contributed by atoms with Crippen LogP contribution >= 0.6 is 0 Å². The van der Waals surface area contributed by atoms with Gasteiger partial charge in [0.2, 0.25) is 6.43 Å². The van der Waals surface area contributed by atoms with Crippen molar-refractivity contribution >= 4 is 0 Å². The molecule has 3 unspecified atom stereocenters. The van der Waals surface area contributed by atoms with Gasteiger partial charge < -0.3 is 0 Å². The molecule has 2 fully saturated rings. The van der Waals surface area contributed by atoms with Crippen LogP contribution in [-0.4, -0.2) is 6.43 Å². The van der Waals surface area contributed by atoms with Gasteiger partial charge in [0.05, 0.1) is 0 Å². The SMILES string of the molecule is C=CCCC1CCC(C2CC=C(CC3CCCCC(C(F)F)CC3)CC2)CC1. The highest BCUT2D eigenvalue weighted by Gasteiger charge is 2.29. The molecule has 0 bridgehead atoms. The molecule has 0 heterocycles. The van der Waals surface area contributed by atoms with Crippen LogP contribution in [-0.2, 0) is 0 Å². The normalized spacial score (nSPS) is 35.1. The van der Waals surface area contributed by atoms with Gasteiger partial charge in [0, 0.05) is 5.92 Å². The summed E-state index contributed by atoms with van der Waals surface area (Å²) in [5, 5.41) is 0. The molecule has 3 aliphatic carbocycles. The second-order valence-electron chi connectivity index (χ2n) is 10.1. The summed E-state index contributed by atoms with van der Waals surface area (Å²) in [5.41, 5.74) is 1.65. The van der Waals surface area contributed by atoms with Crippen molar-refractivity contribution in [2.75, 3.05) is 0 Å². The maximum atomic E-state index is 13.1. The third-order valence-electron chi connectivity index (χ3n) is 8.17. The van der Waals surface area contributed by atoms with Crippen LogP contribution in [0.2, 0.25) is 0 Å². The molecule has 0 aromatic rings. The minimum Gasteiger partial charge on any atom is -0.210 e. The third kappa shape index (κ3) is 6.70. The Morgan fingerprint density at radius 3 is 2.32 bits per heavy atom. The van der Waals surface area contributed by atoms with E-state index in [2.05, 4.69) is 18.7 Å². The van der Waals surface area contributed by atoms with Crippen molar-refractivity contribution in [3.63, 3.8) is 0 Å². The number of rotatable bonds is 7. The first-order chi connectivity index (χ1) is 13.7. The van der Waals surface area contributed by atoms with Crippen LogP contribution in [0.25, 0.3) is 0 Å². The van der Waals surface area contributed by atoms with Crippen LogP contribution in [0.5, 0.6) is 0 Å². The molecule has 0 nitrogen and oxygen atoms in total. The quantitative estimate of drug-likeness (QED) is 0.380. The first-order valence-corrected chi connectivity index (χ1v) is 12.2. The molecule has 3 rings (SSSR count). The molecule has 0 spiro atoms. The average Bonchev–Trinajstić information content (AvgIpc) is 2.69. The molecule has 2 heteroatoms. The van der Waals surface area contributed by atoms with Crippen LogP contribution in [0.15, 0.2) is 24.3 Å². The predicted molar refractivity (Wildman–Crippen MR) is 116 cm³/mol. The van der Waals surface area contributed by atoms with Crippen molar-refractivity contribution in [3.8, 4) is 0 Å². The molecule has 3 atom stereocenters. The smallest absolute Gasteiger partial charge is 0.210 e. The summed E-state index contributed by atoms with van der Waals surface area (Å²) < 4.78 is 26.2. The van der Waals surface area contributed by atoms with Gasteiger partial charge in [0.25, 0.3) is 0 Å². The lowest BCUT2D eigenvalue weighted by Crippen LogP contribution is -2.23. The topological polar surface area (TPSA) is 0 Å². The largest absolute Gasteiger partial charge is 0.241 e. The van der Waals surface area contributed by atoms with Gasteiger partial charge in [-0.3, -0.25) is 0 Å². The number of alkyl halides is 2. The Balaban J connectivity index is 1.41. The lowest BCUT2D eigenvalue weighted by Gasteiger charge is -2.36. The molecule has 0 saturated heterocycles. The summed E-state index contributed by atoms with van der Waals surface area (Å²) in [6, 6.07) is 0. The van der Waals surface area contributed by atoms with E-state index in [1.165, 1.54) is 70.6 Å². The highest BCUT2D eigenvalue weighted by atomic mass is 19.3. The van der Waals surface area contributed by atoms with Gasteiger partial charge in [-0.25, -0.2) is 8.78 Å². The molecule has 0 aromatic heterocycles. The van der Waals surface area contributed by atoms with E-state index < -0.39 is 6.43 Å². The van der Waals surface area contributed by atoms with Crippen LogP contribution < -0.4 is 0 Å².